The van der Waals surface area contributed by atoms with E-state index in [-0.39, 0.29) is 5.41 Å². The van der Waals surface area contributed by atoms with E-state index in [4.69, 9.17) is 11.6 Å². The van der Waals surface area contributed by atoms with Crippen LogP contribution in [0.2, 0.25) is 5.02 Å². The lowest BCUT2D eigenvalue weighted by atomic mass is 9.75. The summed E-state index contributed by atoms with van der Waals surface area (Å²) >= 11 is 6.14. The van der Waals surface area contributed by atoms with Gasteiger partial charge in [-0.05, 0) is 42.2 Å². The zero-order valence-electron chi connectivity index (χ0n) is 12.4. The van der Waals surface area contributed by atoms with E-state index in [1.54, 1.807) is 0 Å². The van der Waals surface area contributed by atoms with Crippen LogP contribution < -0.4 is 0 Å². The molecule has 0 heterocycles. The second-order valence-corrected chi connectivity index (χ2v) is 6.36. The van der Waals surface area contributed by atoms with Crippen LogP contribution in [-0.4, -0.2) is 5.11 Å². The standard InChI is InChI=1S/C18H21ClO/c1-12-11-16(19)13(2)10-15(12)17(20)18(3,4)14-8-6-5-7-9-14/h5-11,17,20H,1-4H3. The average Bonchev–Trinajstić information content (AvgIpc) is 2.43. The minimum absolute atomic E-state index is 0.355. The number of hydrogen-bond acceptors (Lipinski definition) is 1. The van der Waals surface area contributed by atoms with Gasteiger partial charge in [-0.3, -0.25) is 0 Å². The summed E-state index contributed by atoms with van der Waals surface area (Å²) in [5, 5.41) is 11.6. The molecule has 0 aliphatic heterocycles. The van der Waals surface area contributed by atoms with E-state index >= 15 is 0 Å². The van der Waals surface area contributed by atoms with Gasteiger partial charge in [0, 0.05) is 10.4 Å². The van der Waals surface area contributed by atoms with Crippen molar-refractivity contribution in [1.82, 2.24) is 0 Å². The van der Waals surface area contributed by atoms with Crippen LogP contribution >= 0.6 is 11.6 Å². The molecule has 0 aromatic heterocycles. The highest BCUT2D eigenvalue weighted by atomic mass is 35.5. The van der Waals surface area contributed by atoms with E-state index in [1.807, 2.05) is 44.2 Å². The molecule has 2 heteroatoms. The molecule has 2 rings (SSSR count). The lowest BCUT2D eigenvalue weighted by Crippen LogP contribution is -2.27. The van der Waals surface area contributed by atoms with Crippen molar-refractivity contribution in [2.75, 3.05) is 0 Å². The third-order valence-corrected chi connectivity index (χ3v) is 4.45. The zero-order valence-corrected chi connectivity index (χ0v) is 13.2. The smallest absolute Gasteiger partial charge is 0.0883 e. The molecule has 1 N–H and O–H groups in total. The molecule has 0 amide bonds. The number of aliphatic hydroxyl groups is 1. The van der Waals surface area contributed by atoms with E-state index in [0.717, 1.165) is 27.3 Å². The first-order valence-corrected chi connectivity index (χ1v) is 7.22. The zero-order chi connectivity index (χ0) is 14.9. The Morgan fingerprint density at radius 3 is 2.20 bits per heavy atom. The van der Waals surface area contributed by atoms with Gasteiger partial charge in [0.25, 0.3) is 0 Å². The quantitative estimate of drug-likeness (QED) is 0.845. The molecule has 0 spiro atoms. The van der Waals surface area contributed by atoms with Crippen molar-refractivity contribution in [1.29, 1.82) is 0 Å². The lowest BCUT2D eigenvalue weighted by Gasteiger charge is -2.32. The minimum Gasteiger partial charge on any atom is -0.387 e. The molecular formula is C18H21ClO. The van der Waals surface area contributed by atoms with Gasteiger partial charge in [-0.25, -0.2) is 0 Å². The summed E-state index contributed by atoms with van der Waals surface area (Å²) in [5.41, 5.74) is 3.74. The molecule has 20 heavy (non-hydrogen) atoms. The second-order valence-electron chi connectivity index (χ2n) is 5.95. The highest BCUT2D eigenvalue weighted by Crippen LogP contribution is 2.39. The van der Waals surface area contributed by atoms with Crippen molar-refractivity contribution >= 4 is 11.6 Å². The van der Waals surface area contributed by atoms with Gasteiger partial charge in [0.05, 0.1) is 6.10 Å². The van der Waals surface area contributed by atoms with Crippen molar-refractivity contribution in [3.05, 3.63) is 69.7 Å². The highest BCUT2D eigenvalue weighted by Gasteiger charge is 2.32. The maximum Gasteiger partial charge on any atom is 0.0883 e. The molecule has 2 aromatic carbocycles. The fourth-order valence-corrected chi connectivity index (χ4v) is 2.73. The van der Waals surface area contributed by atoms with E-state index < -0.39 is 6.10 Å². The SMILES string of the molecule is Cc1cc(C(O)C(C)(C)c2ccccc2)c(C)cc1Cl. The molecule has 0 saturated carbocycles. The predicted octanol–water partition coefficient (Wildman–Crippen LogP) is 4.97. The molecule has 0 aliphatic rings. The van der Waals surface area contributed by atoms with E-state index in [1.165, 1.54) is 0 Å². The van der Waals surface area contributed by atoms with Crippen LogP contribution in [0.5, 0.6) is 0 Å². The maximum atomic E-state index is 10.9. The third kappa shape index (κ3) is 2.74. The second kappa shape index (κ2) is 5.59. The highest BCUT2D eigenvalue weighted by molar-refractivity contribution is 6.31. The Morgan fingerprint density at radius 1 is 1.00 bits per heavy atom. The molecule has 0 aliphatic carbocycles. The maximum absolute atomic E-state index is 10.9. The van der Waals surface area contributed by atoms with Crippen molar-refractivity contribution in [3.8, 4) is 0 Å². The summed E-state index contributed by atoms with van der Waals surface area (Å²) in [6, 6.07) is 14.0. The van der Waals surface area contributed by atoms with E-state index in [9.17, 15) is 5.11 Å². The first kappa shape index (κ1) is 15.1. The van der Waals surface area contributed by atoms with Crippen molar-refractivity contribution in [2.24, 2.45) is 0 Å². The fraction of sp³-hybridized carbons (Fsp3) is 0.333. The normalized spacial score (nSPS) is 13.3. The van der Waals surface area contributed by atoms with Gasteiger partial charge in [-0.2, -0.15) is 0 Å². The Labute approximate surface area is 126 Å². The summed E-state index contributed by atoms with van der Waals surface area (Å²) in [6.07, 6.45) is -0.569. The Hall–Kier alpha value is -1.31. The molecule has 2 aromatic rings. The van der Waals surface area contributed by atoms with Crippen LogP contribution in [0, 0.1) is 13.8 Å². The van der Waals surface area contributed by atoms with Gasteiger partial charge in [-0.15, -0.1) is 0 Å². The van der Waals surface area contributed by atoms with Gasteiger partial charge in [0.15, 0.2) is 0 Å². The number of hydrogen-bond donors (Lipinski definition) is 1. The number of benzene rings is 2. The molecule has 0 fully saturated rings. The molecule has 1 unspecified atom stereocenters. The van der Waals surface area contributed by atoms with Gasteiger partial charge >= 0.3 is 0 Å². The predicted molar refractivity (Wildman–Crippen MR) is 85.4 cm³/mol. The lowest BCUT2D eigenvalue weighted by molar-refractivity contribution is 0.0996. The molecular weight excluding hydrogens is 268 g/mol. The monoisotopic (exact) mass is 288 g/mol. The van der Waals surface area contributed by atoms with Crippen LogP contribution in [0.25, 0.3) is 0 Å². The van der Waals surface area contributed by atoms with Gasteiger partial charge < -0.3 is 5.11 Å². The van der Waals surface area contributed by atoms with Gasteiger partial charge in [-0.1, -0.05) is 61.8 Å². The largest absolute Gasteiger partial charge is 0.387 e. The summed E-state index contributed by atoms with van der Waals surface area (Å²) in [5.74, 6) is 0. The van der Waals surface area contributed by atoms with Crippen LogP contribution in [0.1, 0.15) is 42.2 Å². The number of halogens is 1. The summed E-state index contributed by atoms with van der Waals surface area (Å²) in [4.78, 5) is 0. The molecule has 0 saturated heterocycles. The summed E-state index contributed by atoms with van der Waals surface area (Å²) in [7, 11) is 0. The third-order valence-electron chi connectivity index (χ3n) is 4.04. The molecule has 0 bridgehead atoms. The molecule has 1 nitrogen and oxygen atoms in total. The Morgan fingerprint density at radius 2 is 1.60 bits per heavy atom. The van der Waals surface area contributed by atoms with Crippen molar-refractivity contribution < 1.29 is 5.11 Å². The van der Waals surface area contributed by atoms with Crippen molar-refractivity contribution in [2.45, 2.75) is 39.2 Å². The first-order valence-electron chi connectivity index (χ1n) is 6.84. The van der Waals surface area contributed by atoms with Crippen LogP contribution in [-0.2, 0) is 5.41 Å². The Kier molecular flexibility index (Phi) is 4.22. The van der Waals surface area contributed by atoms with Crippen LogP contribution in [0.4, 0.5) is 0 Å². The average molecular weight is 289 g/mol. The first-order chi connectivity index (χ1) is 9.34. The van der Waals surface area contributed by atoms with E-state index in [2.05, 4.69) is 26.0 Å². The Bertz CT molecular complexity index is 602. The van der Waals surface area contributed by atoms with E-state index in [0.29, 0.717) is 0 Å². The van der Waals surface area contributed by atoms with Crippen LogP contribution in [0.3, 0.4) is 0 Å². The fourth-order valence-electron chi connectivity index (χ4n) is 2.51. The van der Waals surface area contributed by atoms with Gasteiger partial charge in [0.2, 0.25) is 0 Å². The molecule has 1 atom stereocenters. The summed E-state index contributed by atoms with van der Waals surface area (Å²) < 4.78 is 0. The van der Waals surface area contributed by atoms with Gasteiger partial charge in [0.1, 0.15) is 0 Å². The molecule has 0 radical (unpaired) electrons. The number of rotatable bonds is 3. The van der Waals surface area contributed by atoms with Crippen LogP contribution in [0.15, 0.2) is 42.5 Å². The molecule has 106 valence electrons. The minimum atomic E-state index is -0.569. The van der Waals surface area contributed by atoms with Crippen molar-refractivity contribution in [3.63, 3.8) is 0 Å². The topological polar surface area (TPSA) is 20.2 Å². The Balaban J connectivity index is 2.45. The summed E-state index contributed by atoms with van der Waals surface area (Å²) in [6.45, 7) is 8.09. The number of aliphatic hydroxyl groups excluding tert-OH is 1. The number of aryl methyl sites for hydroxylation is 2.